The highest BCUT2D eigenvalue weighted by molar-refractivity contribution is 5.78. The van der Waals surface area contributed by atoms with Gasteiger partial charge >= 0.3 is 6.03 Å². The minimum atomic E-state index is -0.0810. The third kappa shape index (κ3) is 11.4. The Hall–Kier alpha value is -1.83. The predicted octanol–water partition coefficient (Wildman–Crippen LogP) is 4.04. The molecular formula is C36H61N3O8. The van der Waals surface area contributed by atoms with Gasteiger partial charge in [-0.2, -0.15) is 0 Å². The fourth-order valence-corrected chi connectivity index (χ4v) is 7.08. The van der Waals surface area contributed by atoms with Crippen LogP contribution in [0.5, 0.6) is 0 Å². The van der Waals surface area contributed by atoms with Crippen LogP contribution in [-0.4, -0.2) is 153 Å². The molecule has 1 aromatic rings. The first-order chi connectivity index (χ1) is 23.0. The fraction of sp³-hybridized carbons (Fsp3) is 0.806. The Balaban J connectivity index is 1.06. The summed E-state index contributed by atoms with van der Waals surface area (Å²) in [5, 5.41) is 0. The second kappa shape index (κ2) is 20.6. The molecule has 2 saturated carbocycles. The third-order valence-corrected chi connectivity index (χ3v) is 10.2. The number of rotatable bonds is 25. The van der Waals surface area contributed by atoms with Gasteiger partial charge in [0.25, 0.3) is 0 Å². The zero-order valence-electron chi connectivity index (χ0n) is 29.3. The summed E-state index contributed by atoms with van der Waals surface area (Å²) in [7, 11) is 6.06. The van der Waals surface area contributed by atoms with Crippen LogP contribution in [0.15, 0.2) is 30.3 Å². The van der Waals surface area contributed by atoms with Crippen molar-refractivity contribution in [3.63, 3.8) is 0 Å². The second-order valence-corrected chi connectivity index (χ2v) is 13.3. The normalized spacial score (nSPS) is 23.4. The van der Waals surface area contributed by atoms with E-state index in [0.29, 0.717) is 98.4 Å². The number of carbonyl (C=O) groups excluding carboxylic acids is 1. The summed E-state index contributed by atoms with van der Waals surface area (Å²) < 4.78 is 38.3. The van der Waals surface area contributed by atoms with E-state index in [1.165, 1.54) is 24.8 Å². The summed E-state index contributed by atoms with van der Waals surface area (Å²) >= 11 is 0. The van der Waals surface area contributed by atoms with E-state index in [0.717, 1.165) is 38.8 Å². The number of benzene rings is 1. The van der Waals surface area contributed by atoms with Crippen LogP contribution in [0, 0.1) is 5.92 Å². The lowest BCUT2D eigenvalue weighted by Crippen LogP contribution is -2.56. The smallest absolute Gasteiger partial charge is 0.320 e. The van der Waals surface area contributed by atoms with E-state index < -0.39 is 0 Å². The average molecular weight is 664 g/mol. The van der Waals surface area contributed by atoms with E-state index in [1.54, 1.807) is 7.11 Å². The number of amides is 2. The first-order valence-electron chi connectivity index (χ1n) is 17.8. The van der Waals surface area contributed by atoms with Crippen LogP contribution in [0.3, 0.4) is 0 Å². The van der Waals surface area contributed by atoms with Crippen LogP contribution in [0.25, 0.3) is 0 Å². The molecule has 3 fully saturated rings. The summed E-state index contributed by atoms with van der Waals surface area (Å²) in [5.74, 6) is 0.650. The molecule has 1 spiro atoms. The number of methoxy groups -OCH3 is 1. The van der Waals surface area contributed by atoms with Crippen LogP contribution in [0.2, 0.25) is 0 Å². The fourth-order valence-electron chi connectivity index (χ4n) is 7.08. The Labute approximate surface area is 283 Å². The molecule has 0 unspecified atom stereocenters. The second-order valence-electron chi connectivity index (χ2n) is 13.3. The number of nitrogens with zero attached hydrogens (tertiary/aromatic N) is 3. The lowest BCUT2D eigenvalue weighted by molar-refractivity contribution is -0.0194. The van der Waals surface area contributed by atoms with Crippen molar-refractivity contribution in [3.8, 4) is 0 Å². The van der Waals surface area contributed by atoms with Gasteiger partial charge in [0.1, 0.15) is 0 Å². The topological polar surface area (TPSA) is 91.4 Å². The highest BCUT2D eigenvalue weighted by Gasteiger charge is 2.54. The third-order valence-electron chi connectivity index (χ3n) is 10.2. The van der Waals surface area contributed by atoms with Crippen molar-refractivity contribution in [3.05, 3.63) is 35.9 Å². The molecular weight excluding hydrogens is 602 g/mol. The number of urea groups is 1. The molecule has 1 aromatic carbocycles. The zero-order valence-corrected chi connectivity index (χ0v) is 29.3. The molecule has 0 N–H and O–H groups in total. The summed E-state index contributed by atoms with van der Waals surface area (Å²) in [5.41, 5.74) is 1.32. The Bertz CT molecular complexity index is 988. The Morgan fingerprint density at radius 1 is 0.702 bits per heavy atom. The van der Waals surface area contributed by atoms with Crippen molar-refractivity contribution in [2.75, 3.05) is 127 Å². The lowest BCUT2D eigenvalue weighted by atomic mass is 9.68. The monoisotopic (exact) mass is 663 g/mol. The first kappa shape index (κ1) is 38.0. The van der Waals surface area contributed by atoms with Crippen LogP contribution >= 0.6 is 0 Å². The highest BCUT2D eigenvalue weighted by atomic mass is 16.6. The molecule has 0 atom stereocenters. The van der Waals surface area contributed by atoms with Crippen molar-refractivity contribution in [1.29, 1.82) is 0 Å². The summed E-state index contributed by atoms with van der Waals surface area (Å²) in [6, 6.07) is 11.1. The van der Waals surface area contributed by atoms with Crippen molar-refractivity contribution in [2.45, 2.75) is 56.0 Å². The molecule has 0 bridgehead atoms. The number of hydrogen-bond acceptors (Lipinski definition) is 9. The number of hydrogen-bond donors (Lipinski definition) is 0. The van der Waals surface area contributed by atoms with Crippen LogP contribution in [-0.2, 0) is 38.7 Å². The molecule has 2 amide bonds. The van der Waals surface area contributed by atoms with Crippen LogP contribution in [0.1, 0.15) is 50.5 Å². The van der Waals surface area contributed by atoms with E-state index in [4.69, 9.17) is 33.2 Å². The number of ether oxygens (including phenoxy) is 7. The van der Waals surface area contributed by atoms with Gasteiger partial charge in [-0.25, -0.2) is 4.79 Å². The van der Waals surface area contributed by atoms with Crippen LogP contribution in [0.4, 0.5) is 4.79 Å². The molecule has 4 rings (SSSR count). The van der Waals surface area contributed by atoms with Crippen molar-refractivity contribution in [2.24, 2.45) is 5.92 Å². The van der Waals surface area contributed by atoms with Gasteiger partial charge in [0, 0.05) is 32.3 Å². The summed E-state index contributed by atoms with van der Waals surface area (Å²) in [4.78, 5) is 20.5. The maximum absolute atomic E-state index is 13.8. The SMILES string of the molecule is COCCOCCOCCOCCOCCOCCOCCN1CC2(CCC(c3ccccc3)(N(C)C)CC2)N(CC2CCC2)C1=O. The minimum absolute atomic E-state index is 0.0168. The molecule has 3 aliphatic rings. The van der Waals surface area contributed by atoms with E-state index >= 15 is 0 Å². The standard InChI is InChI=1S/C36H61N3O8/c1-37(2)36(33-10-5-4-6-11-33)14-12-35(13-15-36)31-38(34(40)39(35)30-32-8-7-9-32)16-17-42-20-21-44-24-25-46-28-29-47-27-26-45-23-22-43-19-18-41-3/h4-6,10-11,32H,7-9,12-31H2,1-3H3. The molecule has 0 radical (unpaired) electrons. The van der Waals surface area contributed by atoms with Gasteiger partial charge in [0.15, 0.2) is 0 Å². The van der Waals surface area contributed by atoms with Gasteiger partial charge in [-0.15, -0.1) is 0 Å². The van der Waals surface area contributed by atoms with Crippen LogP contribution < -0.4 is 0 Å². The Morgan fingerprint density at radius 2 is 1.19 bits per heavy atom. The minimum Gasteiger partial charge on any atom is -0.382 e. The molecule has 1 heterocycles. The molecule has 11 nitrogen and oxygen atoms in total. The molecule has 11 heteroatoms. The predicted molar refractivity (Wildman–Crippen MR) is 181 cm³/mol. The largest absolute Gasteiger partial charge is 0.382 e. The van der Waals surface area contributed by atoms with Gasteiger partial charge < -0.3 is 43.0 Å². The van der Waals surface area contributed by atoms with E-state index in [2.05, 4.69) is 54.2 Å². The number of carbonyl (C=O) groups is 1. The molecule has 1 aliphatic heterocycles. The van der Waals surface area contributed by atoms with Gasteiger partial charge in [0.2, 0.25) is 0 Å². The summed E-state index contributed by atoms with van der Waals surface area (Å²) in [6.45, 7) is 9.27. The highest BCUT2D eigenvalue weighted by Crippen LogP contribution is 2.49. The maximum atomic E-state index is 13.8. The van der Waals surface area contributed by atoms with Crippen molar-refractivity contribution < 1.29 is 38.0 Å². The lowest BCUT2D eigenvalue weighted by Gasteiger charge is -2.51. The molecule has 2 aliphatic carbocycles. The Morgan fingerprint density at radius 3 is 1.64 bits per heavy atom. The maximum Gasteiger partial charge on any atom is 0.320 e. The van der Waals surface area contributed by atoms with Gasteiger partial charge in [0.05, 0.1) is 91.4 Å². The van der Waals surface area contributed by atoms with E-state index in [-0.39, 0.29) is 17.1 Å². The van der Waals surface area contributed by atoms with Crippen molar-refractivity contribution >= 4 is 6.03 Å². The van der Waals surface area contributed by atoms with E-state index in [9.17, 15) is 4.79 Å². The zero-order chi connectivity index (χ0) is 33.2. The molecule has 1 saturated heterocycles. The molecule has 47 heavy (non-hydrogen) atoms. The first-order valence-corrected chi connectivity index (χ1v) is 17.8. The Kier molecular flexibility index (Phi) is 16.7. The van der Waals surface area contributed by atoms with Gasteiger partial charge in [-0.3, -0.25) is 4.90 Å². The van der Waals surface area contributed by atoms with Gasteiger partial charge in [-0.1, -0.05) is 36.8 Å². The summed E-state index contributed by atoms with van der Waals surface area (Å²) in [6.07, 6.45) is 7.94. The molecule has 0 aromatic heterocycles. The quantitative estimate of drug-likeness (QED) is 0.144. The molecule has 268 valence electrons. The van der Waals surface area contributed by atoms with Gasteiger partial charge in [-0.05, 0) is 64.1 Å². The average Bonchev–Trinajstić information content (AvgIpc) is 3.31. The van der Waals surface area contributed by atoms with Crippen molar-refractivity contribution in [1.82, 2.24) is 14.7 Å². The van der Waals surface area contributed by atoms with E-state index in [1.807, 2.05) is 4.90 Å².